The number of carbonyl (C=O) groups excluding carboxylic acids is 1. The highest BCUT2D eigenvalue weighted by Gasteiger charge is 2.07. The van der Waals surface area contributed by atoms with E-state index in [1.165, 1.54) is 6.21 Å². The van der Waals surface area contributed by atoms with Crippen LogP contribution in [0.5, 0.6) is 0 Å². The number of hydrogen-bond donors (Lipinski definition) is 1. The van der Waals surface area contributed by atoms with E-state index in [2.05, 4.69) is 0 Å². The molecule has 0 radical (unpaired) electrons. The van der Waals surface area contributed by atoms with E-state index in [1.807, 2.05) is 20.8 Å². The summed E-state index contributed by atoms with van der Waals surface area (Å²) < 4.78 is 0. The van der Waals surface area contributed by atoms with Gasteiger partial charge in [-0.25, -0.2) is 5.16 Å². The van der Waals surface area contributed by atoms with E-state index in [1.54, 1.807) is 5.16 Å². The summed E-state index contributed by atoms with van der Waals surface area (Å²) in [6.07, 6.45) is 2.15. The molecule has 0 aliphatic carbocycles. The van der Waals surface area contributed by atoms with Crippen LogP contribution in [0.2, 0.25) is 0 Å². The first kappa shape index (κ1) is 13.1. The van der Waals surface area contributed by atoms with Crippen molar-refractivity contribution < 1.29 is 9.95 Å². The third kappa shape index (κ3) is 26.5. The summed E-state index contributed by atoms with van der Waals surface area (Å²) in [4.78, 5) is 9.04. The van der Waals surface area contributed by atoms with E-state index in [9.17, 15) is 5.21 Å². The Morgan fingerprint density at radius 3 is 1.91 bits per heavy atom. The summed E-state index contributed by atoms with van der Waals surface area (Å²) in [6, 6.07) is 0. The van der Waals surface area contributed by atoms with Gasteiger partial charge in [-0.3, -0.25) is 0 Å². The van der Waals surface area contributed by atoms with Crippen LogP contribution in [0, 0.1) is 10.6 Å². The maximum Gasteiger partial charge on any atom is 0.154 e. The minimum atomic E-state index is 0.00174. The molecular formula is C7H14ClNO2. The fraction of sp³-hybridized carbons (Fsp3) is 0.714. The summed E-state index contributed by atoms with van der Waals surface area (Å²) in [5.74, 6) is 0.111. The quantitative estimate of drug-likeness (QED) is 0.204. The van der Waals surface area contributed by atoms with Gasteiger partial charge < -0.3 is 10.0 Å². The highest BCUT2D eigenvalue weighted by molar-refractivity contribution is 6.24. The first-order valence-corrected chi connectivity index (χ1v) is 3.73. The Balaban J connectivity index is 0. The lowest BCUT2D eigenvalue weighted by atomic mass is 10.00. The van der Waals surface area contributed by atoms with Crippen LogP contribution in [-0.2, 0) is 4.79 Å². The van der Waals surface area contributed by atoms with E-state index in [4.69, 9.17) is 16.4 Å². The van der Waals surface area contributed by atoms with Gasteiger partial charge in [-0.2, -0.15) is 0 Å². The lowest BCUT2D eigenvalue weighted by Crippen LogP contribution is -2.62. The van der Waals surface area contributed by atoms with Crippen LogP contribution in [0.15, 0.2) is 0 Å². The van der Waals surface area contributed by atoms with Crippen LogP contribution >= 0.6 is 11.6 Å². The Kier molecular flexibility index (Phi) is 8.94. The maximum atomic E-state index is 9.64. The Morgan fingerprint density at radius 1 is 1.55 bits per heavy atom. The SMILES string of the molecule is CC(C)(C)C=[NH+][O-].O=CCCl. The summed E-state index contributed by atoms with van der Waals surface area (Å²) in [5, 5.41) is 11.4. The molecule has 4 heteroatoms. The van der Waals surface area contributed by atoms with Gasteiger partial charge >= 0.3 is 0 Å². The molecule has 0 spiro atoms. The van der Waals surface area contributed by atoms with Crippen molar-refractivity contribution in [1.29, 1.82) is 0 Å². The molecule has 0 saturated heterocycles. The van der Waals surface area contributed by atoms with E-state index in [0.717, 1.165) is 0 Å². The molecule has 0 fully saturated rings. The van der Waals surface area contributed by atoms with E-state index in [-0.39, 0.29) is 11.3 Å². The van der Waals surface area contributed by atoms with Crippen molar-refractivity contribution in [3.63, 3.8) is 0 Å². The van der Waals surface area contributed by atoms with Gasteiger partial charge in [-0.05, 0) is 0 Å². The molecular weight excluding hydrogens is 166 g/mol. The second-order valence-corrected chi connectivity index (χ2v) is 3.26. The number of carbonyl (C=O) groups is 1. The van der Waals surface area contributed by atoms with Crippen molar-refractivity contribution in [2.75, 3.05) is 5.88 Å². The highest BCUT2D eigenvalue weighted by Crippen LogP contribution is 2.04. The fourth-order valence-corrected chi connectivity index (χ4v) is 0.177. The molecule has 3 nitrogen and oxygen atoms in total. The van der Waals surface area contributed by atoms with Gasteiger partial charge in [0.1, 0.15) is 6.29 Å². The van der Waals surface area contributed by atoms with E-state index < -0.39 is 0 Å². The first-order valence-electron chi connectivity index (χ1n) is 3.19. The molecule has 0 heterocycles. The number of halogens is 1. The zero-order valence-electron chi connectivity index (χ0n) is 7.06. The van der Waals surface area contributed by atoms with Crippen molar-refractivity contribution in [3.8, 4) is 0 Å². The number of hydrogen-bond acceptors (Lipinski definition) is 2. The van der Waals surface area contributed by atoms with Crippen LogP contribution < -0.4 is 5.16 Å². The maximum absolute atomic E-state index is 9.64. The zero-order valence-corrected chi connectivity index (χ0v) is 7.81. The van der Waals surface area contributed by atoms with Gasteiger partial charge in [0.25, 0.3) is 0 Å². The Morgan fingerprint density at radius 2 is 1.91 bits per heavy atom. The minimum absolute atomic E-state index is 0.00174. The Labute approximate surface area is 72.0 Å². The van der Waals surface area contributed by atoms with Crippen molar-refractivity contribution in [2.45, 2.75) is 20.8 Å². The van der Waals surface area contributed by atoms with Crippen LogP contribution in [0.25, 0.3) is 0 Å². The van der Waals surface area contributed by atoms with Gasteiger partial charge in [0.2, 0.25) is 0 Å². The monoisotopic (exact) mass is 179 g/mol. The van der Waals surface area contributed by atoms with Crippen LogP contribution in [-0.4, -0.2) is 18.4 Å². The summed E-state index contributed by atoms with van der Waals surface area (Å²) in [5.41, 5.74) is 0.00174. The zero-order chi connectivity index (χ0) is 9.33. The van der Waals surface area contributed by atoms with Crippen LogP contribution in [0.4, 0.5) is 0 Å². The third-order valence-electron chi connectivity index (χ3n) is 0.555. The van der Waals surface area contributed by atoms with E-state index >= 15 is 0 Å². The molecule has 0 unspecified atom stereocenters. The molecule has 0 aromatic rings. The highest BCUT2D eigenvalue weighted by atomic mass is 35.5. The van der Waals surface area contributed by atoms with Gasteiger partial charge in [0.05, 0.1) is 5.88 Å². The average Bonchev–Trinajstić information content (AvgIpc) is 1.86. The second kappa shape index (κ2) is 7.54. The van der Waals surface area contributed by atoms with Gasteiger partial charge in [-0.15, -0.1) is 11.6 Å². The Hall–Kier alpha value is -0.570. The van der Waals surface area contributed by atoms with Gasteiger partial charge in [0, 0.05) is 5.41 Å². The molecule has 0 bridgehead atoms. The number of aldehydes is 1. The van der Waals surface area contributed by atoms with Crippen molar-refractivity contribution >= 4 is 24.1 Å². The minimum Gasteiger partial charge on any atom is -0.626 e. The molecule has 0 amide bonds. The largest absolute Gasteiger partial charge is 0.626 e. The normalized spacial score (nSPS) is 10.5. The molecule has 11 heavy (non-hydrogen) atoms. The van der Waals surface area contributed by atoms with Crippen LogP contribution in [0.3, 0.4) is 0 Å². The predicted molar refractivity (Wildman–Crippen MR) is 46.6 cm³/mol. The van der Waals surface area contributed by atoms with Crippen molar-refractivity contribution in [3.05, 3.63) is 5.21 Å². The molecule has 0 aromatic carbocycles. The smallest absolute Gasteiger partial charge is 0.154 e. The molecule has 66 valence electrons. The van der Waals surface area contributed by atoms with Gasteiger partial charge in [-0.1, -0.05) is 20.8 Å². The molecule has 0 saturated carbocycles. The Bertz CT molecular complexity index is 118. The number of rotatable bonds is 1. The first-order chi connectivity index (χ1) is 4.97. The lowest BCUT2D eigenvalue weighted by Gasteiger charge is -2.04. The molecule has 0 atom stereocenters. The van der Waals surface area contributed by atoms with E-state index in [0.29, 0.717) is 6.29 Å². The predicted octanol–water partition coefficient (Wildman–Crippen LogP) is 0.106. The van der Waals surface area contributed by atoms with Crippen molar-refractivity contribution in [2.24, 2.45) is 5.41 Å². The topological polar surface area (TPSA) is 54.1 Å². The van der Waals surface area contributed by atoms with Gasteiger partial charge in [0.15, 0.2) is 6.21 Å². The molecule has 0 rings (SSSR count). The lowest BCUT2D eigenvalue weighted by molar-refractivity contribution is -0.371. The summed E-state index contributed by atoms with van der Waals surface area (Å²) in [7, 11) is 0. The fourth-order valence-electron chi connectivity index (χ4n) is 0.177. The summed E-state index contributed by atoms with van der Waals surface area (Å²) >= 11 is 4.82. The van der Waals surface area contributed by atoms with Crippen molar-refractivity contribution in [1.82, 2.24) is 0 Å². The standard InChI is InChI=1S/C5H11NO.C2H3ClO/c1-5(2,3)4-6-7;3-1-2-4/h4,6H,1-3H3;2H,1H2. The summed E-state index contributed by atoms with van der Waals surface area (Å²) in [6.45, 7) is 5.87. The number of nitrogens with one attached hydrogen (secondary N) is 1. The molecule has 1 N–H and O–H groups in total. The second-order valence-electron chi connectivity index (χ2n) is 2.95. The van der Waals surface area contributed by atoms with Crippen LogP contribution in [0.1, 0.15) is 20.8 Å². The molecule has 0 aromatic heterocycles. The average molecular weight is 180 g/mol. The third-order valence-corrected chi connectivity index (χ3v) is 0.681. The molecule has 0 aliphatic rings. The molecule has 0 aliphatic heterocycles. The number of alkyl halides is 1.